The Balaban J connectivity index is 2.07. The zero-order valence-electron chi connectivity index (χ0n) is 14.9. The molecule has 3 rings (SSSR count). The summed E-state index contributed by atoms with van der Waals surface area (Å²) in [5.74, 6) is 0.286. The van der Waals surface area contributed by atoms with E-state index in [1.165, 1.54) is 23.2 Å². The molecule has 142 valence electrons. The molecule has 0 saturated heterocycles. The van der Waals surface area contributed by atoms with Crippen LogP contribution in [0.15, 0.2) is 39.9 Å². The van der Waals surface area contributed by atoms with Crippen LogP contribution >= 0.6 is 11.6 Å². The van der Waals surface area contributed by atoms with E-state index in [9.17, 15) is 14.4 Å². The summed E-state index contributed by atoms with van der Waals surface area (Å²) in [6.45, 7) is 0.239. The van der Waals surface area contributed by atoms with Crippen molar-refractivity contribution < 1.29 is 4.79 Å². The van der Waals surface area contributed by atoms with E-state index in [1.807, 2.05) is 6.07 Å². The monoisotopic (exact) mass is 390 g/mol. The molecule has 0 atom stereocenters. The molecule has 0 saturated carbocycles. The average molecular weight is 391 g/mol. The van der Waals surface area contributed by atoms with Gasteiger partial charge in [-0.15, -0.1) is 11.6 Å². The molecule has 0 aliphatic rings. The van der Waals surface area contributed by atoms with Crippen LogP contribution in [-0.2, 0) is 25.4 Å². The second-order valence-electron chi connectivity index (χ2n) is 5.93. The lowest BCUT2D eigenvalue weighted by Crippen LogP contribution is -2.38. The fraction of sp³-hybridized carbons (Fsp3) is 0.294. The third-order valence-corrected chi connectivity index (χ3v) is 4.27. The highest BCUT2D eigenvalue weighted by Gasteiger charge is 2.20. The Bertz CT molecular complexity index is 1100. The van der Waals surface area contributed by atoms with E-state index < -0.39 is 11.2 Å². The lowest BCUT2D eigenvalue weighted by molar-refractivity contribution is -0.116. The molecule has 10 heteroatoms. The van der Waals surface area contributed by atoms with Crippen LogP contribution < -0.4 is 21.9 Å². The Morgan fingerprint density at radius 1 is 1.15 bits per heavy atom. The summed E-state index contributed by atoms with van der Waals surface area (Å²) in [6, 6.07) is 8.98. The summed E-state index contributed by atoms with van der Waals surface area (Å²) in [4.78, 5) is 41.7. The zero-order chi connectivity index (χ0) is 19.6. The number of amides is 1. The highest BCUT2D eigenvalue weighted by Crippen LogP contribution is 2.16. The van der Waals surface area contributed by atoms with E-state index in [0.29, 0.717) is 24.1 Å². The van der Waals surface area contributed by atoms with Crippen molar-refractivity contribution in [2.24, 2.45) is 14.1 Å². The van der Waals surface area contributed by atoms with Crippen molar-refractivity contribution in [1.82, 2.24) is 18.7 Å². The molecule has 1 aromatic carbocycles. The molecule has 0 bridgehead atoms. The second kappa shape index (κ2) is 7.67. The van der Waals surface area contributed by atoms with Crippen LogP contribution in [-0.4, -0.2) is 37.0 Å². The zero-order valence-corrected chi connectivity index (χ0v) is 15.7. The van der Waals surface area contributed by atoms with Crippen LogP contribution in [0.1, 0.15) is 0 Å². The third-order valence-electron chi connectivity index (χ3n) is 4.08. The summed E-state index contributed by atoms with van der Waals surface area (Å²) >= 11 is 5.73. The van der Waals surface area contributed by atoms with Gasteiger partial charge in [-0.3, -0.25) is 23.3 Å². The number of aryl methyl sites for hydroxylation is 1. The molecule has 0 fully saturated rings. The normalized spacial score (nSPS) is 10.9. The van der Waals surface area contributed by atoms with Crippen molar-refractivity contribution in [3.63, 3.8) is 0 Å². The van der Waals surface area contributed by atoms with Crippen LogP contribution in [0.3, 0.4) is 0 Å². The summed E-state index contributed by atoms with van der Waals surface area (Å²) in [5.41, 5.74) is -0.00289. The van der Waals surface area contributed by atoms with Crippen molar-refractivity contribution in [2.75, 3.05) is 23.1 Å². The molecular formula is C17H19ClN6O3. The Hall–Kier alpha value is -3.07. The number of rotatable bonds is 6. The molecule has 9 nitrogen and oxygen atoms in total. The van der Waals surface area contributed by atoms with E-state index in [2.05, 4.69) is 15.6 Å². The summed E-state index contributed by atoms with van der Waals surface area (Å²) < 4.78 is 3.72. The Morgan fingerprint density at radius 3 is 2.52 bits per heavy atom. The van der Waals surface area contributed by atoms with Crippen LogP contribution in [0.2, 0.25) is 0 Å². The number of alkyl halides is 1. The smallest absolute Gasteiger partial charge is 0.332 e. The first-order valence-electron chi connectivity index (χ1n) is 8.25. The number of benzene rings is 1. The number of para-hydroxylation sites is 1. The summed E-state index contributed by atoms with van der Waals surface area (Å²) in [5, 5.41) is 5.76. The Kier molecular flexibility index (Phi) is 5.31. The molecule has 2 N–H and O–H groups in total. The van der Waals surface area contributed by atoms with Crippen molar-refractivity contribution >= 4 is 40.3 Å². The molecule has 2 aromatic heterocycles. The van der Waals surface area contributed by atoms with Gasteiger partial charge in [-0.2, -0.15) is 4.98 Å². The molecule has 1 amide bonds. The van der Waals surface area contributed by atoms with Crippen molar-refractivity contribution in [2.45, 2.75) is 6.54 Å². The number of imidazole rings is 1. The average Bonchev–Trinajstić information content (AvgIpc) is 3.02. The Labute approximate surface area is 159 Å². The van der Waals surface area contributed by atoms with Gasteiger partial charge in [0.25, 0.3) is 5.56 Å². The van der Waals surface area contributed by atoms with Gasteiger partial charge in [-0.25, -0.2) is 4.79 Å². The fourth-order valence-electron chi connectivity index (χ4n) is 2.76. The van der Waals surface area contributed by atoms with Gasteiger partial charge in [0.1, 0.15) is 6.54 Å². The number of anilines is 2. The van der Waals surface area contributed by atoms with Gasteiger partial charge >= 0.3 is 5.69 Å². The van der Waals surface area contributed by atoms with Gasteiger partial charge in [0, 0.05) is 32.2 Å². The largest absolute Gasteiger partial charge is 0.354 e. The number of nitrogens with zero attached hydrogens (tertiary/aromatic N) is 4. The van der Waals surface area contributed by atoms with Gasteiger partial charge in [-0.1, -0.05) is 18.2 Å². The highest BCUT2D eigenvalue weighted by atomic mass is 35.5. The lowest BCUT2D eigenvalue weighted by Gasteiger charge is -2.11. The molecule has 0 aliphatic heterocycles. The van der Waals surface area contributed by atoms with E-state index in [1.54, 1.807) is 24.3 Å². The minimum Gasteiger partial charge on any atom is -0.354 e. The SMILES string of the molecule is Cn1c(=O)c2c(nc(NCCCl)n2CC(=O)Nc2ccccc2)n(C)c1=O. The first kappa shape index (κ1) is 18.7. The molecule has 0 radical (unpaired) electrons. The van der Waals surface area contributed by atoms with Crippen molar-refractivity contribution in [3.8, 4) is 0 Å². The van der Waals surface area contributed by atoms with Crippen molar-refractivity contribution in [3.05, 3.63) is 51.2 Å². The van der Waals surface area contributed by atoms with Gasteiger partial charge in [0.05, 0.1) is 0 Å². The molecular weight excluding hydrogens is 372 g/mol. The third kappa shape index (κ3) is 3.59. The molecule has 0 spiro atoms. The van der Waals surface area contributed by atoms with Gasteiger partial charge in [0.15, 0.2) is 11.2 Å². The minimum atomic E-state index is -0.521. The number of fused-ring (bicyclic) bond motifs is 1. The number of nitrogens with one attached hydrogen (secondary N) is 2. The molecule has 0 aliphatic carbocycles. The summed E-state index contributed by atoms with van der Waals surface area (Å²) in [7, 11) is 2.91. The standard InChI is InChI=1S/C17H19ClN6O3/c1-22-14-13(15(26)23(2)17(22)27)24(16(21-14)19-9-8-18)10-12(25)20-11-6-4-3-5-7-11/h3-7H,8-10H2,1-2H3,(H,19,21)(H,20,25). The maximum absolute atomic E-state index is 12.7. The number of aromatic nitrogens is 4. The number of hydrogen-bond donors (Lipinski definition) is 2. The van der Waals surface area contributed by atoms with Gasteiger partial charge in [0.2, 0.25) is 11.9 Å². The van der Waals surface area contributed by atoms with Gasteiger partial charge < -0.3 is 10.6 Å². The van der Waals surface area contributed by atoms with E-state index in [4.69, 9.17) is 11.6 Å². The molecule has 2 heterocycles. The van der Waals surface area contributed by atoms with Crippen LogP contribution in [0.25, 0.3) is 11.2 Å². The molecule has 0 unspecified atom stereocenters. The minimum absolute atomic E-state index is 0.149. The Morgan fingerprint density at radius 2 is 1.85 bits per heavy atom. The fourth-order valence-corrected chi connectivity index (χ4v) is 2.85. The maximum Gasteiger partial charge on any atom is 0.332 e. The van der Waals surface area contributed by atoms with E-state index in [-0.39, 0.29) is 23.6 Å². The van der Waals surface area contributed by atoms with E-state index in [0.717, 1.165) is 4.57 Å². The van der Waals surface area contributed by atoms with Crippen LogP contribution in [0, 0.1) is 0 Å². The second-order valence-corrected chi connectivity index (χ2v) is 6.31. The maximum atomic E-state index is 12.7. The molecule has 3 aromatic rings. The first-order chi connectivity index (χ1) is 12.9. The van der Waals surface area contributed by atoms with E-state index >= 15 is 0 Å². The quantitative estimate of drug-likeness (QED) is 0.604. The number of halogens is 1. The summed E-state index contributed by atoms with van der Waals surface area (Å²) in [6.07, 6.45) is 0. The number of carbonyl (C=O) groups is 1. The van der Waals surface area contributed by atoms with Crippen molar-refractivity contribution in [1.29, 1.82) is 0 Å². The molecule has 27 heavy (non-hydrogen) atoms. The lowest BCUT2D eigenvalue weighted by atomic mass is 10.3. The van der Waals surface area contributed by atoms with Crippen LogP contribution in [0.5, 0.6) is 0 Å². The number of hydrogen-bond acceptors (Lipinski definition) is 5. The highest BCUT2D eigenvalue weighted by molar-refractivity contribution is 6.18. The predicted octanol–water partition coefficient (Wildman–Crippen LogP) is 0.723. The van der Waals surface area contributed by atoms with Crippen LogP contribution in [0.4, 0.5) is 11.6 Å². The number of carbonyl (C=O) groups excluding carboxylic acids is 1. The predicted molar refractivity (Wildman–Crippen MR) is 104 cm³/mol. The van der Waals surface area contributed by atoms with Gasteiger partial charge in [-0.05, 0) is 12.1 Å². The first-order valence-corrected chi connectivity index (χ1v) is 8.78. The topological polar surface area (TPSA) is 103 Å².